The predicted molar refractivity (Wildman–Crippen MR) is 46.5 cm³/mol. The molecule has 0 spiro atoms. The molecule has 66 valence electrons. The number of rotatable bonds is 2. The van der Waals surface area contributed by atoms with Crippen LogP contribution in [0.25, 0.3) is 0 Å². The van der Waals surface area contributed by atoms with Gasteiger partial charge in [-0.2, -0.15) is 0 Å². The molecule has 1 heterocycles. The Morgan fingerprint density at radius 2 is 1.82 bits per heavy atom. The van der Waals surface area contributed by atoms with Crippen molar-refractivity contribution in [2.45, 2.75) is 33.5 Å². The van der Waals surface area contributed by atoms with Crippen LogP contribution in [0.4, 0.5) is 0 Å². The molecular weight excluding hydrogens is 140 g/mol. The molecule has 0 saturated carbocycles. The van der Waals surface area contributed by atoms with Gasteiger partial charge in [-0.1, -0.05) is 26.8 Å². The number of hydrogen-bond donors (Lipinski definition) is 0. The van der Waals surface area contributed by atoms with Crippen molar-refractivity contribution in [3.8, 4) is 0 Å². The van der Waals surface area contributed by atoms with E-state index in [0.29, 0.717) is 0 Å². The second-order valence-electron chi connectivity index (χ2n) is 1.95. The van der Waals surface area contributed by atoms with E-state index < -0.39 is 0 Å². The highest BCUT2D eigenvalue weighted by Gasteiger charge is 2.10. The highest BCUT2D eigenvalue weighted by molar-refractivity contribution is 4.85. The van der Waals surface area contributed by atoms with E-state index in [1.54, 1.807) is 0 Å². The van der Waals surface area contributed by atoms with Gasteiger partial charge in [0.15, 0.2) is 6.29 Å². The van der Waals surface area contributed by atoms with E-state index in [2.05, 4.69) is 13.0 Å². The van der Waals surface area contributed by atoms with Crippen LogP contribution in [-0.4, -0.2) is 19.5 Å². The van der Waals surface area contributed by atoms with Gasteiger partial charge >= 0.3 is 0 Å². The molecule has 0 unspecified atom stereocenters. The molecule has 1 fully saturated rings. The van der Waals surface area contributed by atoms with E-state index >= 15 is 0 Å². The van der Waals surface area contributed by atoms with Crippen molar-refractivity contribution in [2.24, 2.45) is 0 Å². The summed E-state index contributed by atoms with van der Waals surface area (Å²) in [5.41, 5.74) is 0. The first-order valence-corrected chi connectivity index (χ1v) is 4.33. The first kappa shape index (κ1) is 10.7. The molecule has 1 aliphatic heterocycles. The molecule has 0 atom stereocenters. The topological polar surface area (TPSA) is 18.5 Å². The lowest BCUT2D eigenvalue weighted by Gasteiger charge is -1.99. The highest BCUT2D eigenvalue weighted by Crippen LogP contribution is 2.04. The molecule has 1 aliphatic rings. The Bertz CT molecular complexity index is 93.7. The van der Waals surface area contributed by atoms with E-state index in [-0.39, 0.29) is 6.29 Å². The SMILES string of the molecule is CC.CC/C=C\C1OCCO1. The zero-order chi connectivity index (χ0) is 8.53. The van der Waals surface area contributed by atoms with Crippen molar-refractivity contribution in [2.75, 3.05) is 13.2 Å². The Labute approximate surface area is 69.2 Å². The summed E-state index contributed by atoms with van der Waals surface area (Å²) in [7, 11) is 0. The minimum Gasteiger partial charge on any atom is -0.347 e. The molecule has 2 heteroatoms. The van der Waals surface area contributed by atoms with Crippen LogP contribution in [0.3, 0.4) is 0 Å². The Kier molecular flexibility index (Phi) is 7.52. The lowest BCUT2D eigenvalue weighted by Crippen LogP contribution is -2.01. The third-order valence-corrected chi connectivity index (χ3v) is 1.18. The molecule has 11 heavy (non-hydrogen) atoms. The van der Waals surface area contributed by atoms with Gasteiger partial charge in [-0.15, -0.1) is 0 Å². The maximum atomic E-state index is 5.15. The largest absolute Gasteiger partial charge is 0.347 e. The molecule has 0 aromatic carbocycles. The number of ether oxygens (including phenoxy) is 2. The van der Waals surface area contributed by atoms with Gasteiger partial charge in [0.1, 0.15) is 0 Å². The lowest BCUT2D eigenvalue weighted by molar-refractivity contribution is -0.00171. The van der Waals surface area contributed by atoms with E-state index in [9.17, 15) is 0 Å². The summed E-state index contributed by atoms with van der Waals surface area (Å²) >= 11 is 0. The molecular formula is C9H18O2. The number of allylic oxidation sites excluding steroid dienone is 1. The zero-order valence-electron chi connectivity index (χ0n) is 7.67. The van der Waals surface area contributed by atoms with Gasteiger partial charge in [-0.25, -0.2) is 0 Å². The summed E-state index contributed by atoms with van der Waals surface area (Å²) in [6, 6.07) is 0. The molecule has 0 radical (unpaired) electrons. The lowest BCUT2D eigenvalue weighted by atomic mass is 10.4. The van der Waals surface area contributed by atoms with Gasteiger partial charge in [-0.05, 0) is 12.5 Å². The van der Waals surface area contributed by atoms with Crippen molar-refractivity contribution in [3.05, 3.63) is 12.2 Å². The quantitative estimate of drug-likeness (QED) is 0.574. The van der Waals surface area contributed by atoms with Gasteiger partial charge in [0.2, 0.25) is 0 Å². The average molecular weight is 158 g/mol. The molecule has 1 rings (SSSR count). The third kappa shape index (κ3) is 4.99. The summed E-state index contributed by atoms with van der Waals surface area (Å²) in [6.45, 7) is 7.56. The maximum Gasteiger partial charge on any atom is 0.177 e. The van der Waals surface area contributed by atoms with Crippen LogP contribution < -0.4 is 0 Å². The Morgan fingerprint density at radius 3 is 2.27 bits per heavy atom. The summed E-state index contributed by atoms with van der Waals surface area (Å²) in [6.07, 6.45) is 4.98. The van der Waals surface area contributed by atoms with E-state index in [4.69, 9.17) is 9.47 Å². The number of hydrogen-bond acceptors (Lipinski definition) is 2. The van der Waals surface area contributed by atoms with Crippen molar-refractivity contribution in [3.63, 3.8) is 0 Å². The van der Waals surface area contributed by atoms with Gasteiger partial charge in [-0.3, -0.25) is 0 Å². The van der Waals surface area contributed by atoms with Crippen molar-refractivity contribution in [1.29, 1.82) is 0 Å². The van der Waals surface area contributed by atoms with Crippen LogP contribution >= 0.6 is 0 Å². The molecule has 0 amide bonds. The van der Waals surface area contributed by atoms with Gasteiger partial charge in [0, 0.05) is 0 Å². The van der Waals surface area contributed by atoms with Crippen LogP contribution in [0.1, 0.15) is 27.2 Å². The normalized spacial score (nSPS) is 18.5. The third-order valence-electron chi connectivity index (χ3n) is 1.18. The molecule has 0 aromatic rings. The summed E-state index contributed by atoms with van der Waals surface area (Å²) in [5.74, 6) is 0. The molecule has 0 N–H and O–H groups in total. The second-order valence-corrected chi connectivity index (χ2v) is 1.95. The standard InChI is InChI=1S/C7H12O2.C2H6/c1-2-3-4-7-8-5-6-9-7;1-2/h3-4,7H,2,5-6H2,1H3;1-2H3/b4-3-;. The first-order valence-electron chi connectivity index (χ1n) is 4.33. The Balaban J connectivity index is 0.000000461. The fourth-order valence-electron chi connectivity index (χ4n) is 0.735. The fraction of sp³-hybridized carbons (Fsp3) is 0.778. The fourth-order valence-corrected chi connectivity index (χ4v) is 0.735. The first-order chi connectivity index (χ1) is 5.43. The summed E-state index contributed by atoms with van der Waals surface area (Å²) < 4.78 is 10.3. The van der Waals surface area contributed by atoms with Crippen molar-refractivity contribution >= 4 is 0 Å². The highest BCUT2D eigenvalue weighted by atomic mass is 16.7. The summed E-state index contributed by atoms with van der Waals surface area (Å²) in [5, 5.41) is 0. The van der Waals surface area contributed by atoms with E-state index in [1.165, 1.54) is 0 Å². The minimum atomic E-state index is -0.0649. The minimum absolute atomic E-state index is 0.0649. The van der Waals surface area contributed by atoms with Crippen LogP contribution in [0.5, 0.6) is 0 Å². The molecule has 0 aromatic heterocycles. The average Bonchev–Trinajstić information content (AvgIpc) is 2.57. The molecule has 2 nitrogen and oxygen atoms in total. The zero-order valence-corrected chi connectivity index (χ0v) is 7.67. The van der Waals surface area contributed by atoms with Gasteiger partial charge in [0.05, 0.1) is 13.2 Å². The Morgan fingerprint density at radius 1 is 1.27 bits per heavy atom. The van der Waals surface area contributed by atoms with Gasteiger partial charge in [0.25, 0.3) is 0 Å². The van der Waals surface area contributed by atoms with Crippen molar-refractivity contribution in [1.82, 2.24) is 0 Å². The van der Waals surface area contributed by atoms with Crippen LogP contribution in [0.15, 0.2) is 12.2 Å². The summed E-state index contributed by atoms with van der Waals surface area (Å²) in [4.78, 5) is 0. The van der Waals surface area contributed by atoms with Crippen LogP contribution in [-0.2, 0) is 9.47 Å². The van der Waals surface area contributed by atoms with Gasteiger partial charge < -0.3 is 9.47 Å². The predicted octanol–water partition coefficient (Wildman–Crippen LogP) is 2.35. The van der Waals surface area contributed by atoms with Crippen LogP contribution in [0.2, 0.25) is 0 Å². The second kappa shape index (κ2) is 7.76. The Hall–Kier alpha value is -0.340. The van der Waals surface area contributed by atoms with E-state index in [1.807, 2.05) is 19.9 Å². The van der Waals surface area contributed by atoms with Crippen LogP contribution in [0, 0.1) is 0 Å². The molecule has 0 bridgehead atoms. The molecule has 0 aliphatic carbocycles. The van der Waals surface area contributed by atoms with E-state index in [0.717, 1.165) is 19.6 Å². The monoisotopic (exact) mass is 158 g/mol. The smallest absolute Gasteiger partial charge is 0.177 e. The molecule has 1 saturated heterocycles. The maximum absolute atomic E-state index is 5.15. The van der Waals surface area contributed by atoms with Crippen molar-refractivity contribution < 1.29 is 9.47 Å².